The molecule has 0 aliphatic heterocycles. The van der Waals surface area contributed by atoms with E-state index in [1.54, 1.807) is 72.8 Å². The summed E-state index contributed by atoms with van der Waals surface area (Å²) in [6.45, 7) is 4.06. The molecule has 0 spiro atoms. The Morgan fingerprint density at radius 3 is 1.07 bits per heavy atom. The van der Waals surface area contributed by atoms with Gasteiger partial charge >= 0.3 is 0 Å². The van der Waals surface area contributed by atoms with Gasteiger partial charge in [-0.3, -0.25) is 9.59 Å². The summed E-state index contributed by atoms with van der Waals surface area (Å²) >= 11 is 2.69. The van der Waals surface area contributed by atoms with Crippen molar-refractivity contribution >= 4 is 62.1 Å². The first-order valence-electron chi connectivity index (χ1n) is 13.2. The summed E-state index contributed by atoms with van der Waals surface area (Å²) in [5.41, 5.74) is 15.2. The van der Waals surface area contributed by atoms with Gasteiger partial charge in [-0.1, -0.05) is 157 Å². The predicted octanol–water partition coefficient (Wildman–Crippen LogP) is 6.36. The van der Waals surface area contributed by atoms with Crippen molar-refractivity contribution in [2.45, 2.75) is 13.1 Å². The second kappa shape index (κ2) is 15.1. The second-order valence-corrected chi connectivity index (χ2v) is 21.7. The van der Waals surface area contributed by atoms with Crippen LogP contribution < -0.4 is 11.5 Å². The minimum atomic E-state index is -2.30. The van der Waals surface area contributed by atoms with Crippen molar-refractivity contribution in [2.24, 2.45) is 31.9 Å². The lowest BCUT2D eigenvalue weighted by Crippen LogP contribution is -2.27. The van der Waals surface area contributed by atoms with E-state index in [4.69, 9.17) is 11.5 Å². The summed E-state index contributed by atoms with van der Waals surface area (Å²) in [5, 5.41) is 17.3. The molecule has 4 N–H and O–H groups in total. The Kier molecular flexibility index (Phi) is 11.0. The number of amidine groups is 2. The number of hydrogen-bond acceptors (Lipinski definition) is 8. The van der Waals surface area contributed by atoms with Crippen molar-refractivity contribution in [3.05, 3.63) is 144 Å². The van der Waals surface area contributed by atoms with Crippen LogP contribution in [0.1, 0.15) is 31.8 Å². The molecule has 0 unspecified atom stereocenters. The van der Waals surface area contributed by atoms with Crippen LogP contribution in [-0.2, 0) is 0 Å². The van der Waals surface area contributed by atoms with E-state index < -0.39 is 6.37 Å². The second-order valence-electron chi connectivity index (χ2n) is 9.50. The first-order valence-corrected chi connectivity index (χ1v) is 19.3. The Labute approximate surface area is 259 Å². The van der Waals surface area contributed by atoms with Gasteiger partial charge in [0, 0.05) is 22.3 Å². The lowest BCUT2D eigenvalue weighted by atomic mass is 10.0. The highest BCUT2D eigenvalue weighted by atomic mass is 32.6. The van der Waals surface area contributed by atoms with E-state index in [-0.39, 0.29) is 33.3 Å². The molecule has 11 heteroatoms. The van der Waals surface area contributed by atoms with Crippen LogP contribution in [0.4, 0.5) is 0 Å². The van der Waals surface area contributed by atoms with Gasteiger partial charge in [-0.25, -0.2) is 0 Å². The maximum absolute atomic E-state index is 13.2. The topological polar surface area (TPSA) is 136 Å². The van der Waals surface area contributed by atoms with Crippen LogP contribution in [0.2, 0.25) is 13.1 Å². The Hall–Kier alpha value is -4.58. The van der Waals surface area contributed by atoms with Gasteiger partial charge in [-0.15, -0.1) is 20.4 Å². The van der Waals surface area contributed by atoms with Crippen molar-refractivity contribution in [2.75, 3.05) is 0 Å². The van der Waals surface area contributed by atoms with E-state index >= 15 is 0 Å². The first-order chi connectivity index (χ1) is 20.7. The normalized spacial score (nSPS) is 13.1. The van der Waals surface area contributed by atoms with Crippen LogP contribution in [0.25, 0.3) is 0 Å². The van der Waals surface area contributed by atoms with Crippen LogP contribution >= 0.6 is 22.4 Å². The number of carbonyl (C=O) groups is 2. The van der Waals surface area contributed by atoms with Crippen LogP contribution in [-0.4, -0.2) is 39.7 Å². The smallest absolute Gasteiger partial charge is 0.213 e. The minimum absolute atomic E-state index is 0.189. The summed E-state index contributed by atoms with van der Waals surface area (Å²) in [7, 11) is 0. The minimum Gasteiger partial charge on any atom is -0.377 e. The third-order valence-corrected chi connectivity index (χ3v) is 13.1. The fraction of sp³-hybridized carbons (Fsp3) is 0.0625. The fourth-order valence-electron chi connectivity index (χ4n) is 3.88. The average Bonchev–Trinajstić information content (AvgIpc) is 3.02. The maximum Gasteiger partial charge on any atom is 0.213 e. The molecule has 0 heterocycles. The summed E-state index contributed by atoms with van der Waals surface area (Å²) in [4.78, 5) is 26.5. The fourth-order valence-corrected chi connectivity index (χ4v) is 10.4. The average molecular weight is 623 g/mol. The molecule has 216 valence electrons. The van der Waals surface area contributed by atoms with E-state index in [2.05, 4.69) is 20.4 Å². The molecule has 0 saturated carbocycles. The van der Waals surface area contributed by atoms with Gasteiger partial charge in [0.2, 0.25) is 11.6 Å². The highest BCUT2D eigenvalue weighted by Crippen LogP contribution is 2.32. The van der Waals surface area contributed by atoms with Crippen molar-refractivity contribution in [3.8, 4) is 0 Å². The van der Waals surface area contributed by atoms with Gasteiger partial charge < -0.3 is 11.5 Å². The standard InChI is InChI=1S/C32H30N6O2S2Si/c1-43(2,41-31(33)37-35-27(23-15-7-3-8-16-23)29(39)25-19-11-5-12-20-25)42-32(34)38-36-28(24-17-9-4-10-18-24)30(40)26-21-13-6-14-22-26/h3-22H,1-2H3,(H2,33,37)(H2,34,38)/b35-27+,36-28+. The quantitative estimate of drug-likeness (QED) is 0.0695. The third kappa shape index (κ3) is 9.20. The van der Waals surface area contributed by atoms with Gasteiger partial charge in [0.25, 0.3) is 0 Å². The van der Waals surface area contributed by atoms with E-state index in [0.717, 1.165) is 0 Å². The Morgan fingerprint density at radius 1 is 0.488 bits per heavy atom. The Balaban J connectivity index is 1.53. The van der Waals surface area contributed by atoms with Gasteiger partial charge in [-0.05, 0) is 0 Å². The summed E-state index contributed by atoms with van der Waals surface area (Å²) in [6, 6.07) is 36.1. The molecule has 0 aromatic heterocycles. The number of nitrogens with zero attached hydrogens (tertiary/aromatic N) is 4. The van der Waals surface area contributed by atoms with Crippen molar-refractivity contribution in [3.63, 3.8) is 0 Å². The number of ketones is 2. The monoisotopic (exact) mass is 622 g/mol. The predicted molar refractivity (Wildman–Crippen MR) is 183 cm³/mol. The molecule has 0 saturated heterocycles. The summed E-state index contributed by atoms with van der Waals surface area (Å²) in [6.07, 6.45) is -2.30. The lowest BCUT2D eigenvalue weighted by molar-refractivity contribution is 0.105. The number of hydrogen-bond donors (Lipinski definition) is 2. The van der Waals surface area contributed by atoms with Gasteiger partial charge in [-0.2, -0.15) is 0 Å². The zero-order valence-corrected chi connectivity index (χ0v) is 26.3. The molecule has 4 aromatic rings. The van der Waals surface area contributed by atoms with Gasteiger partial charge in [0.1, 0.15) is 11.4 Å². The molecule has 0 atom stereocenters. The number of carbonyl (C=O) groups excluding carboxylic acids is 2. The zero-order chi connectivity index (χ0) is 30.7. The largest absolute Gasteiger partial charge is 0.377 e. The van der Waals surface area contributed by atoms with Crippen molar-refractivity contribution in [1.82, 2.24) is 0 Å². The molecular weight excluding hydrogens is 593 g/mol. The van der Waals surface area contributed by atoms with E-state index in [9.17, 15) is 9.59 Å². The van der Waals surface area contributed by atoms with Gasteiger partial charge in [0.15, 0.2) is 16.7 Å². The third-order valence-electron chi connectivity index (χ3n) is 5.79. The molecule has 4 aromatic carbocycles. The first kappa shape index (κ1) is 31.4. The van der Waals surface area contributed by atoms with Gasteiger partial charge in [0.05, 0.1) is 0 Å². The van der Waals surface area contributed by atoms with Crippen LogP contribution in [0, 0.1) is 0 Å². The molecule has 0 fully saturated rings. The number of Topliss-reactive ketones (excluding diaryl/α,β-unsaturated/α-hetero) is 2. The molecule has 8 nitrogen and oxygen atoms in total. The highest BCUT2D eigenvalue weighted by Gasteiger charge is 2.27. The van der Waals surface area contributed by atoms with Crippen LogP contribution in [0.5, 0.6) is 0 Å². The summed E-state index contributed by atoms with van der Waals surface area (Å²) in [5.74, 6) is -0.513. The molecule has 0 radical (unpaired) electrons. The SMILES string of the molecule is C[Si](C)(S/C(N)=N/N=C(/C(=O)c1ccccc1)c1ccccc1)S/C(N)=N/N=C(/C(=O)c1ccccc1)c1ccccc1. The number of benzene rings is 4. The highest BCUT2D eigenvalue weighted by molar-refractivity contribution is 8.66. The molecule has 0 aliphatic carbocycles. The molecule has 0 bridgehead atoms. The van der Waals surface area contributed by atoms with Crippen LogP contribution in [0.15, 0.2) is 142 Å². The van der Waals surface area contributed by atoms with E-state index in [1.807, 2.05) is 61.6 Å². The molecule has 0 aliphatic rings. The lowest BCUT2D eigenvalue weighted by Gasteiger charge is -2.18. The molecule has 0 amide bonds. The van der Waals surface area contributed by atoms with E-state index in [0.29, 0.717) is 22.3 Å². The summed E-state index contributed by atoms with van der Waals surface area (Å²) < 4.78 is 0. The maximum atomic E-state index is 13.2. The Morgan fingerprint density at radius 2 is 0.767 bits per heavy atom. The van der Waals surface area contributed by atoms with Crippen molar-refractivity contribution < 1.29 is 9.59 Å². The number of rotatable bonds is 10. The molecular formula is C32H30N6O2S2Si. The van der Waals surface area contributed by atoms with Crippen molar-refractivity contribution in [1.29, 1.82) is 0 Å². The molecule has 43 heavy (non-hydrogen) atoms. The van der Waals surface area contributed by atoms with Crippen LogP contribution in [0.3, 0.4) is 0 Å². The molecule has 4 rings (SSSR count). The van der Waals surface area contributed by atoms with E-state index in [1.165, 1.54) is 22.4 Å². The Bertz CT molecular complexity index is 1550. The zero-order valence-electron chi connectivity index (χ0n) is 23.6. The number of nitrogens with two attached hydrogens (primary N) is 2.